The Morgan fingerprint density at radius 3 is 2.56 bits per heavy atom. The molecule has 1 heterocycles. The first-order valence-corrected chi connectivity index (χ1v) is 8.70. The van der Waals surface area contributed by atoms with E-state index < -0.39 is 18.0 Å². The Hall–Kier alpha value is -3.12. The van der Waals surface area contributed by atoms with E-state index in [4.69, 9.17) is 16.3 Å². The molecule has 27 heavy (non-hydrogen) atoms. The van der Waals surface area contributed by atoms with Crippen LogP contribution >= 0.6 is 11.6 Å². The predicted octanol–water partition coefficient (Wildman–Crippen LogP) is 4.02. The highest BCUT2D eigenvalue weighted by Crippen LogP contribution is 2.23. The number of hydrogen-bond acceptors (Lipinski definition) is 4. The van der Waals surface area contributed by atoms with Gasteiger partial charge >= 0.3 is 5.97 Å². The van der Waals surface area contributed by atoms with Gasteiger partial charge in [-0.2, -0.15) is 5.10 Å². The smallest absolute Gasteiger partial charge is 0.338 e. The Labute approximate surface area is 161 Å². The summed E-state index contributed by atoms with van der Waals surface area (Å²) in [7, 11) is 0. The van der Waals surface area contributed by atoms with Gasteiger partial charge in [-0.3, -0.25) is 4.79 Å². The minimum absolute atomic E-state index is 0.351. The van der Waals surface area contributed by atoms with Gasteiger partial charge in [-0.25, -0.2) is 9.48 Å². The van der Waals surface area contributed by atoms with E-state index in [1.807, 2.05) is 6.07 Å². The van der Waals surface area contributed by atoms with Crippen LogP contribution in [0.25, 0.3) is 5.69 Å². The Morgan fingerprint density at radius 1 is 1.15 bits per heavy atom. The van der Waals surface area contributed by atoms with Crippen molar-refractivity contribution in [1.29, 1.82) is 0 Å². The number of nitrogens with zero attached hydrogens (tertiary/aromatic N) is 2. The normalized spacial score (nSPS) is 11.7. The molecule has 0 bridgehead atoms. The van der Waals surface area contributed by atoms with Gasteiger partial charge in [0.1, 0.15) is 0 Å². The number of aromatic nitrogens is 2. The molecule has 3 rings (SSSR count). The highest BCUT2D eigenvalue weighted by Gasteiger charge is 2.20. The molecule has 1 amide bonds. The molecule has 138 valence electrons. The summed E-state index contributed by atoms with van der Waals surface area (Å²) >= 11 is 6.05. The largest absolute Gasteiger partial charge is 0.449 e. The molecule has 1 N–H and O–H groups in total. The number of amides is 1. The zero-order valence-electron chi connectivity index (χ0n) is 14.8. The molecular formula is C20H18ClN3O3. The number of nitrogens with one attached hydrogen (secondary N) is 1. The van der Waals surface area contributed by atoms with Crippen molar-refractivity contribution in [2.45, 2.75) is 20.0 Å². The first-order chi connectivity index (χ1) is 13.0. The van der Waals surface area contributed by atoms with Crippen LogP contribution in [0.15, 0.2) is 60.9 Å². The Morgan fingerprint density at radius 2 is 1.89 bits per heavy atom. The SMILES string of the molecule is Cc1c(Cl)cccc1NC(=O)[C@@H](C)OC(=O)c1ccc(-n2cccn2)cc1. The van der Waals surface area contributed by atoms with Crippen molar-refractivity contribution >= 4 is 29.2 Å². The molecule has 6 nitrogen and oxygen atoms in total. The van der Waals surface area contributed by atoms with Crippen molar-refractivity contribution in [2.75, 3.05) is 5.32 Å². The Balaban J connectivity index is 1.63. The minimum atomic E-state index is -0.957. The van der Waals surface area contributed by atoms with Crippen LogP contribution in [0.2, 0.25) is 5.02 Å². The highest BCUT2D eigenvalue weighted by atomic mass is 35.5. The first-order valence-electron chi connectivity index (χ1n) is 8.33. The van der Waals surface area contributed by atoms with E-state index in [2.05, 4.69) is 10.4 Å². The van der Waals surface area contributed by atoms with Crippen LogP contribution in [-0.4, -0.2) is 27.8 Å². The van der Waals surface area contributed by atoms with Gasteiger partial charge in [0, 0.05) is 23.1 Å². The van der Waals surface area contributed by atoms with Gasteiger partial charge in [0.15, 0.2) is 6.10 Å². The third kappa shape index (κ3) is 4.35. The number of ether oxygens (including phenoxy) is 1. The van der Waals surface area contributed by atoms with E-state index >= 15 is 0 Å². The molecule has 3 aromatic rings. The van der Waals surface area contributed by atoms with Crippen molar-refractivity contribution in [3.8, 4) is 5.69 Å². The van der Waals surface area contributed by atoms with Crippen LogP contribution in [0, 0.1) is 6.92 Å². The monoisotopic (exact) mass is 383 g/mol. The van der Waals surface area contributed by atoms with Crippen molar-refractivity contribution in [3.05, 3.63) is 77.1 Å². The van der Waals surface area contributed by atoms with Crippen molar-refractivity contribution in [2.24, 2.45) is 0 Å². The average molecular weight is 384 g/mol. The predicted molar refractivity (Wildman–Crippen MR) is 103 cm³/mol. The number of rotatable bonds is 5. The van der Waals surface area contributed by atoms with Gasteiger partial charge in [-0.1, -0.05) is 17.7 Å². The van der Waals surface area contributed by atoms with Gasteiger partial charge in [-0.05, 0) is 61.9 Å². The summed E-state index contributed by atoms with van der Waals surface area (Å²) in [4.78, 5) is 24.6. The lowest BCUT2D eigenvalue weighted by Gasteiger charge is -2.15. The molecule has 0 fully saturated rings. The maximum atomic E-state index is 12.3. The molecule has 0 radical (unpaired) electrons. The van der Waals surface area contributed by atoms with Crippen LogP contribution in [0.3, 0.4) is 0 Å². The third-order valence-corrected chi connectivity index (χ3v) is 4.46. The van der Waals surface area contributed by atoms with Crippen molar-refractivity contribution in [3.63, 3.8) is 0 Å². The third-order valence-electron chi connectivity index (χ3n) is 4.05. The van der Waals surface area contributed by atoms with Gasteiger partial charge in [0.2, 0.25) is 0 Å². The van der Waals surface area contributed by atoms with E-state index in [1.165, 1.54) is 6.92 Å². The lowest BCUT2D eigenvalue weighted by Crippen LogP contribution is -2.30. The number of halogens is 1. The van der Waals surface area contributed by atoms with Gasteiger partial charge in [-0.15, -0.1) is 0 Å². The number of esters is 1. The molecule has 0 aliphatic heterocycles. The zero-order chi connectivity index (χ0) is 19.4. The molecular weight excluding hydrogens is 366 g/mol. The molecule has 1 atom stereocenters. The Kier molecular flexibility index (Phi) is 5.57. The first kappa shape index (κ1) is 18.7. The van der Waals surface area contributed by atoms with Crippen LogP contribution in [-0.2, 0) is 9.53 Å². The summed E-state index contributed by atoms with van der Waals surface area (Å²) in [6.45, 7) is 3.32. The van der Waals surface area contributed by atoms with Gasteiger partial charge in [0.05, 0.1) is 11.3 Å². The second-order valence-electron chi connectivity index (χ2n) is 5.95. The summed E-state index contributed by atoms with van der Waals surface area (Å²) in [5, 5.41) is 7.40. The summed E-state index contributed by atoms with van der Waals surface area (Å²) < 4.78 is 6.94. The van der Waals surface area contributed by atoms with Crippen molar-refractivity contribution < 1.29 is 14.3 Å². The number of anilines is 1. The van der Waals surface area contributed by atoms with Crippen LogP contribution in [0.1, 0.15) is 22.8 Å². The van der Waals surface area contributed by atoms with Crippen LogP contribution in [0.4, 0.5) is 5.69 Å². The Bertz CT molecular complexity index is 953. The summed E-state index contributed by atoms with van der Waals surface area (Å²) in [6, 6.07) is 13.8. The average Bonchev–Trinajstić information content (AvgIpc) is 3.20. The summed E-state index contributed by atoms with van der Waals surface area (Å²) in [5.74, 6) is -1.01. The van der Waals surface area contributed by atoms with E-state index in [0.717, 1.165) is 11.3 Å². The molecule has 0 aliphatic carbocycles. The molecule has 0 aliphatic rings. The van der Waals surface area contributed by atoms with Gasteiger partial charge in [0.25, 0.3) is 5.91 Å². The summed E-state index contributed by atoms with van der Waals surface area (Å²) in [6.07, 6.45) is 2.52. The molecule has 0 spiro atoms. The highest BCUT2D eigenvalue weighted by molar-refractivity contribution is 6.31. The van der Waals surface area contributed by atoms with E-state index in [1.54, 1.807) is 66.5 Å². The number of hydrogen-bond donors (Lipinski definition) is 1. The maximum absolute atomic E-state index is 12.3. The van der Waals surface area contributed by atoms with E-state index in [9.17, 15) is 9.59 Å². The van der Waals surface area contributed by atoms with Crippen LogP contribution in [0.5, 0.6) is 0 Å². The van der Waals surface area contributed by atoms with Crippen LogP contribution < -0.4 is 5.32 Å². The van der Waals surface area contributed by atoms with Crippen molar-refractivity contribution in [1.82, 2.24) is 9.78 Å². The fraction of sp³-hybridized carbons (Fsp3) is 0.150. The summed E-state index contributed by atoms with van der Waals surface area (Å²) in [5.41, 5.74) is 2.50. The number of carbonyl (C=O) groups excluding carboxylic acids is 2. The lowest BCUT2D eigenvalue weighted by molar-refractivity contribution is -0.123. The van der Waals surface area contributed by atoms with Gasteiger partial charge < -0.3 is 10.1 Å². The standard InChI is InChI=1S/C20H18ClN3O3/c1-13-17(21)5-3-6-18(13)23-19(25)14(2)27-20(26)15-7-9-16(10-8-15)24-12-4-11-22-24/h3-12,14H,1-2H3,(H,23,25)/t14-/m1/s1. The molecule has 0 saturated carbocycles. The minimum Gasteiger partial charge on any atom is -0.449 e. The zero-order valence-corrected chi connectivity index (χ0v) is 15.6. The quantitative estimate of drug-likeness (QED) is 0.675. The molecule has 7 heteroatoms. The second-order valence-corrected chi connectivity index (χ2v) is 6.35. The number of carbonyl (C=O) groups is 2. The second kappa shape index (κ2) is 8.05. The fourth-order valence-corrected chi connectivity index (χ4v) is 2.61. The number of benzene rings is 2. The molecule has 0 unspecified atom stereocenters. The lowest BCUT2D eigenvalue weighted by atomic mass is 10.2. The molecule has 1 aromatic heterocycles. The van der Waals surface area contributed by atoms with E-state index in [-0.39, 0.29) is 0 Å². The molecule has 2 aromatic carbocycles. The fourth-order valence-electron chi connectivity index (χ4n) is 2.43. The van der Waals surface area contributed by atoms with E-state index in [0.29, 0.717) is 16.3 Å². The molecule has 0 saturated heterocycles. The topological polar surface area (TPSA) is 73.2 Å². The maximum Gasteiger partial charge on any atom is 0.338 e.